The van der Waals surface area contributed by atoms with Crippen molar-refractivity contribution in [3.8, 4) is 5.75 Å². The maximum atomic E-state index is 13.2. The highest BCUT2D eigenvalue weighted by Crippen LogP contribution is 2.30. The van der Waals surface area contributed by atoms with Crippen molar-refractivity contribution in [2.45, 2.75) is 25.8 Å². The van der Waals surface area contributed by atoms with Gasteiger partial charge >= 0.3 is 0 Å². The summed E-state index contributed by atoms with van der Waals surface area (Å²) in [7, 11) is 5.51. The SMILES string of the molecule is COc1ccccc1C(CNC(=O)c1cc([N+](=O)[O-])ccc1N1CCC(C)CC1)N(C)C. The Balaban J connectivity index is 1.85. The number of carbonyl (C=O) groups is 1. The van der Waals surface area contributed by atoms with Crippen molar-refractivity contribution < 1.29 is 14.5 Å². The van der Waals surface area contributed by atoms with E-state index >= 15 is 0 Å². The number of piperidine rings is 1. The maximum Gasteiger partial charge on any atom is 0.270 e. The number of anilines is 1. The van der Waals surface area contributed by atoms with Gasteiger partial charge < -0.3 is 19.9 Å². The normalized spacial score (nSPS) is 15.5. The zero-order valence-corrected chi connectivity index (χ0v) is 19.2. The summed E-state index contributed by atoms with van der Waals surface area (Å²) in [4.78, 5) is 28.3. The van der Waals surface area contributed by atoms with Crippen LogP contribution in [-0.2, 0) is 0 Å². The molecule has 1 atom stereocenters. The van der Waals surface area contributed by atoms with Crippen molar-refractivity contribution in [3.63, 3.8) is 0 Å². The first-order valence-electron chi connectivity index (χ1n) is 10.9. The average molecular weight is 441 g/mol. The molecule has 1 saturated heterocycles. The van der Waals surface area contributed by atoms with Gasteiger partial charge in [0.05, 0.1) is 29.3 Å². The first-order valence-corrected chi connectivity index (χ1v) is 10.9. The molecule has 1 amide bonds. The molecular formula is C24H32N4O4. The van der Waals surface area contributed by atoms with E-state index in [1.807, 2.05) is 43.3 Å². The molecule has 0 saturated carbocycles. The number of amides is 1. The molecular weight excluding hydrogens is 408 g/mol. The number of hydrogen-bond donors (Lipinski definition) is 1. The van der Waals surface area contributed by atoms with Gasteiger partial charge in [-0.15, -0.1) is 0 Å². The van der Waals surface area contributed by atoms with Gasteiger partial charge in [0.2, 0.25) is 0 Å². The fourth-order valence-electron chi connectivity index (χ4n) is 4.14. The van der Waals surface area contributed by atoms with Crippen molar-refractivity contribution in [1.82, 2.24) is 10.2 Å². The van der Waals surface area contributed by atoms with Crippen LogP contribution in [-0.4, -0.2) is 56.6 Å². The summed E-state index contributed by atoms with van der Waals surface area (Å²) in [5.74, 6) is 1.08. The molecule has 1 aliphatic rings. The summed E-state index contributed by atoms with van der Waals surface area (Å²) in [5.41, 5.74) is 1.97. The van der Waals surface area contributed by atoms with Gasteiger partial charge in [-0.2, -0.15) is 0 Å². The van der Waals surface area contributed by atoms with Crippen LogP contribution in [0.1, 0.15) is 41.7 Å². The lowest BCUT2D eigenvalue weighted by atomic mass is 9.97. The van der Waals surface area contributed by atoms with E-state index in [0.29, 0.717) is 18.0 Å². The van der Waals surface area contributed by atoms with E-state index in [4.69, 9.17) is 4.74 Å². The van der Waals surface area contributed by atoms with Crippen molar-refractivity contribution in [2.75, 3.05) is 45.7 Å². The molecule has 2 aromatic carbocycles. The van der Waals surface area contributed by atoms with Gasteiger partial charge in [-0.25, -0.2) is 0 Å². The molecule has 0 bridgehead atoms. The van der Waals surface area contributed by atoms with Crippen LogP contribution >= 0.6 is 0 Å². The molecule has 0 aliphatic carbocycles. The van der Waals surface area contributed by atoms with Crippen molar-refractivity contribution in [3.05, 3.63) is 63.7 Å². The van der Waals surface area contributed by atoms with E-state index in [2.05, 4.69) is 17.1 Å². The molecule has 172 valence electrons. The number of hydrogen-bond acceptors (Lipinski definition) is 6. The Bertz CT molecular complexity index is 955. The van der Waals surface area contributed by atoms with Crippen LogP contribution in [0.4, 0.5) is 11.4 Å². The Labute approximate surface area is 189 Å². The van der Waals surface area contributed by atoms with Crippen LogP contribution in [0, 0.1) is 16.0 Å². The lowest BCUT2D eigenvalue weighted by molar-refractivity contribution is -0.384. The van der Waals surface area contributed by atoms with E-state index in [-0.39, 0.29) is 17.6 Å². The van der Waals surface area contributed by atoms with Crippen LogP contribution in [0.25, 0.3) is 0 Å². The molecule has 0 radical (unpaired) electrons. The second-order valence-corrected chi connectivity index (χ2v) is 8.56. The Hall–Kier alpha value is -3.13. The molecule has 1 N–H and O–H groups in total. The Morgan fingerprint density at radius 3 is 2.56 bits per heavy atom. The molecule has 8 nitrogen and oxygen atoms in total. The Morgan fingerprint density at radius 1 is 1.25 bits per heavy atom. The lowest BCUT2D eigenvalue weighted by Crippen LogP contribution is -2.37. The standard InChI is InChI=1S/C24H32N4O4/c1-17-11-13-27(14-12-17)21-10-9-18(28(30)31)15-20(21)24(29)25-16-22(26(2)3)19-7-5-6-8-23(19)32-4/h5-10,15,17,22H,11-14,16H2,1-4H3,(H,25,29). The van der Waals surface area contributed by atoms with Crippen LogP contribution in [0.5, 0.6) is 5.75 Å². The number of nitro benzene ring substituents is 1. The molecule has 0 spiro atoms. The smallest absolute Gasteiger partial charge is 0.270 e. The molecule has 8 heteroatoms. The Kier molecular flexibility index (Phi) is 7.69. The van der Waals surface area contributed by atoms with Gasteiger partial charge in [0.15, 0.2) is 0 Å². The predicted molar refractivity (Wildman–Crippen MR) is 125 cm³/mol. The van der Waals surface area contributed by atoms with E-state index in [1.54, 1.807) is 13.2 Å². The summed E-state index contributed by atoms with van der Waals surface area (Å²) in [6.07, 6.45) is 2.07. The quantitative estimate of drug-likeness (QED) is 0.495. The number of nitrogens with one attached hydrogen (secondary N) is 1. The lowest BCUT2D eigenvalue weighted by Gasteiger charge is -2.33. The minimum Gasteiger partial charge on any atom is -0.496 e. The zero-order chi connectivity index (χ0) is 23.3. The molecule has 1 unspecified atom stereocenters. The van der Waals surface area contributed by atoms with Crippen LogP contribution in [0.2, 0.25) is 0 Å². The summed E-state index contributed by atoms with van der Waals surface area (Å²) < 4.78 is 5.50. The van der Waals surface area contributed by atoms with Gasteiger partial charge in [0, 0.05) is 37.3 Å². The molecule has 3 rings (SSSR count). The number of nitro groups is 1. The third kappa shape index (κ3) is 5.37. The fourth-order valence-corrected chi connectivity index (χ4v) is 4.14. The minimum absolute atomic E-state index is 0.0850. The molecule has 1 aliphatic heterocycles. The average Bonchev–Trinajstić information content (AvgIpc) is 2.79. The number of nitrogens with zero attached hydrogens (tertiary/aromatic N) is 3. The number of ether oxygens (including phenoxy) is 1. The summed E-state index contributed by atoms with van der Waals surface area (Å²) in [6.45, 7) is 4.23. The second-order valence-electron chi connectivity index (χ2n) is 8.56. The molecule has 1 fully saturated rings. The first-order chi connectivity index (χ1) is 15.3. The van der Waals surface area contributed by atoms with Crippen molar-refractivity contribution in [1.29, 1.82) is 0 Å². The van der Waals surface area contributed by atoms with Crippen molar-refractivity contribution >= 4 is 17.3 Å². The fraction of sp³-hybridized carbons (Fsp3) is 0.458. The highest BCUT2D eigenvalue weighted by Gasteiger charge is 2.25. The summed E-state index contributed by atoms with van der Waals surface area (Å²) >= 11 is 0. The zero-order valence-electron chi connectivity index (χ0n) is 19.2. The highest BCUT2D eigenvalue weighted by atomic mass is 16.6. The Morgan fingerprint density at radius 2 is 1.94 bits per heavy atom. The van der Waals surface area contributed by atoms with Gasteiger partial charge in [-0.1, -0.05) is 25.1 Å². The first kappa shape index (κ1) is 23.5. The van der Waals surface area contributed by atoms with E-state index < -0.39 is 4.92 Å². The highest BCUT2D eigenvalue weighted by molar-refractivity contribution is 6.00. The van der Waals surface area contributed by atoms with Crippen LogP contribution in [0.15, 0.2) is 42.5 Å². The van der Waals surface area contributed by atoms with Gasteiger partial charge in [0.25, 0.3) is 11.6 Å². The number of rotatable bonds is 8. The maximum absolute atomic E-state index is 13.2. The van der Waals surface area contributed by atoms with E-state index in [9.17, 15) is 14.9 Å². The molecule has 2 aromatic rings. The number of methoxy groups -OCH3 is 1. The number of likely N-dealkylation sites (N-methyl/N-ethyl adjacent to an activating group) is 1. The molecule has 0 aromatic heterocycles. The van der Waals surface area contributed by atoms with Crippen LogP contribution in [0.3, 0.4) is 0 Å². The number of non-ortho nitro benzene ring substituents is 1. The topological polar surface area (TPSA) is 87.9 Å². The van der Waals surface area contributed by atoms with Crippen LogP contribution < -0.4 is 15.0 Å². The summed E-state index contributed by atoms with van der Waals surface area (Å²) in [5, 5.41) is 14.4. The van der Waals surface area contributed by atoms with Gasteiger partial charge in [0.1, 0.15) is 5.75 Å². The van der Waals surface area contributed by atoms with Gasteiger partial charge in [-0.05, 0) is 45.0 Å². The summed E-state index contributed by atoms with van der Waals surface area (Å²) in [6, 6.07) is 12.2. The third-order valence-corrected chi connectivity index (χ3v) is 6.14. The van der Waals surface area contributed by atoms with E-state index in [0.717, 1.165) is 42.9 Å². The largest absolute Gasteiger partial charge is 0.496 e. The number of para-hydroxylation sites is 1. The molecule has 32 heavy (non-hydrogen) atoms. The molecule has 1 heterocycles. The minimum atomic E-state index is -0.462. The predicted octanol–water partition coefficient (Wildman–Crippen LogP) is 3.87. The third-order valence-electron chi connectivity index (χ3n) is 6.14. The van der Waals surface area contributed by atoms with Gasteiger partial charge in [-0.3, -0.25) is 14.9 Å². The second kappa shape index (κ2) is 10.5. The van der Waals surface area contributed by atoms with E-state index in [1.165, 1.54) is 12.1 Å². The number of carbonyl (C=O) groups excluding carboxylic acids is 1. The number of benzene rings is 2. The van der Waals surface area contributed by atoms with Crippen molar-refractivity contribution in [2.24, 2.45) is 5.92 Å². The monoisotopic (exact) mass is 440 g/mol.